The molecule has 0 atom stereocenters. The number of ether oxygens (including phenoxy) is 1. The predicted molar refractivity (Wildman–Crippen MR) is 122 cm³/mol. The Labute approximate surface area is 200 Å². The van der Waals surface area contributed by atoms with Crippen LogP contribution in [-0.2, 0) is 14.6 Å². The molecule has 0 bridgehead atoms. The lowest BCUT2D eigenvalue weighted by molar-refractivity contribution is -0.0877. The molecule has 1 aliphatic rings. The number of nitrogens with zero attached hydrogens (tertiary/aromatic N) is 4. The molecule has 8 nitrogen and oxygen atoms in total. The number of carbonyl (C=O) groups excluding carboxylic acids is 1. The van der Waals surface area contributed by atoms with Crippen molar-refractivity contribution < 1.29 is 31.1 Å². The zero-order valence-corrected chi connectivity index (χ0v) is 20.2. The maximum absolute atomic E-state index is 14.6. The van der Waals surface area contributed by atoms with E-state index in [1.165, 1.54) is 30.9 Å². The van der Waals surface area contributed by atoms with Crippen molar-refractivity contribution in [2.24, 2.45) is 0 Å². The van der Waals surface area contributed by atoms with E-state index in [1.807, 2.05) is 0 Å². The smallest absolute Gasteiger partial charge is 0.410 e. The highest BCUT2D eigenvalue weighted by Gasteiger charge is 2.36. The first kappa shape index (κ1) is 25.0. The van der Waals surface area contributed by atoms with Crippen LogP contribution in [0.1, 0.15) is 32.7 Å². The van der Waals surface area contributed by atoms with Crippen LogP contribution in [0.15, 0.2) is 41.6 Å². The number of carbonyl (C=O) groups is 1. The van der Waals surface area contributed by atoms with E-state index < -0.39 is 33.8 Å². The van der Waals surface area contributed by atoms with Gasteiger partial charge >= 0.3 is 6.09 Å². The van der Waals surface area contributed by atoms with E-state index in [1.54, 1.807) is 23.1 Å². The Kier molecular flexibility index (Phi) is 6.52. The van der Waals surface area contributed by atoms with Crippen molar-refractivity contribution >= 4 is 26.8 Å². The largest absolute Gasteiger partial charge is 0.437 e. The van der Waals surface area contributed by atoms with Crippen LogP contribution in [0.3, 0.4) is 0 Å². The van der Waals surface area contributed by atoms with E-state index in [4.69, 9.17) is 4.74 Å². The van der Waals surface area contributed by atoms with Crippen molar-refractivity contribution in [1.29, 1.82) is 0 Å². The van der Waals surface area contributed by atoms with E-state index in [2.05, 4.69) is 10.1 Å². The number of halogens is 3. The zero-order chi connectivity index (χ0) is 25.5. The molecule has 0 N–H and O–H groups in total. The maximum Gasteiger partial charge on any atom is 0.410 e. The van der Waals surface area contributed by atoms with Crippen LogP contribution in [0, 0.1) is 5.82 Å². The first-order valence-corrected chi connectivity index (χ1v) is 12.9. The van der Waals surface area contributed by atoms with Crippen molar-refractivity contribution in [2.75, 3.05) is 19.3 Å². The van der Waals surface area contributed by atoms with Crippen molar-refractivity contribution in [2.45, 2.75) is 49.7 Å². The minimum atomic E-state index is -3.53. The van der Waals surface area contributed by atoms with Gasteiger partial charge in [0.1, 0.15) is 5.82 Å². The van der Waals surface area contributed by atoms with Gasteiger partial charge in [0, 0.05) is 30.3 Å². The number of sulfone groups is 1. The van der Waals surface area contributed by atoms with E-state index in [0.29, 0.717) is 31.6 Å². The molecule has 0 saturated carbocycles. The number of rotatable bonds is 5. The summed E-state index contributed by atoms with van der Waals surface area (Å²) in [6.07, 6.45) is 1.76. The minimum absolute atomic E-state index is 0.0434. The highest BCUT2D eigenvalue weighted by Crippen LogP contribution is 2.30. The third-order valence-electron chi connectivity index (χ3n) is 6.07. The van der Waals surface area contributed by atoms with E-state index in [0.717, 1.165) is 23.2 Å². The fourth-order valence-electron chi connectivity index (χ4n) is 3.94. The minimum Gasteiger partial charge on any atom is -0.437 e. The molecule has 1 amide bonds. The van der Waals surface area contributed by atoms with Crippen LogP contribution < -0.4 is 0 Å². The van der Waals surface area contributed by atoms with Gasteiger partial charge in [-0.3, -0.25) is 9.67 Å². The second-order valence-electron chi connectivity index (χ2n) is 9.12. The summed E-state index contributed by atoms with van der Waals surface area (Å²) in [6, 6.07) is 5.33. The molecule has 1 aliphatic heterocycles. The molecule has 1 saturated heterocycles. The van der Waals surface area contributed by atoms with Gasteiger partial charge in [-0.1, -0.05) is 0 Å². The molecule has 0 aliphatic carbocycles. The van der Waals surface area contributed by atoms with Gasteiger partial charge in [-0.2, -0.15) is 5.10 Å². The molecule has 0 spiro atoms. The molecule has 3 heterocycles. The predicted octanol–water partition coefficient (Wildman–Crippen LogP) is 4.46. The lowest BCUT2D eigenvalue weighted by atomic mass is 10.1. The summed E-state index contributed by atoms with van der Waals surface area (Å²) in [4.78, 5) is 17.9. The van der Waals surface area contributed by atoms with Gasteiger partial charge in [0.2, 0.25) is 0 Å². The number of aromatic nitrogens is 3. The Hall–Kier alpha value is -3.15. The number of hydrogen-bond acceptors (Lipinski definition) is 6. The summed E-state index contributed by atoms with van der Waals surface area (Å²) < 4.78 is 70.7. The summed E-state index contributed by atoms with van der Waals surface area (Å²) >= 11 is 0. The lowest BCUT2D eigenvalue weighted by Gasteiger charge is -2.34. The molecule has 12 heteroatoms. The summed E-state index contributed by atoms with van der Waals surface area (Å²) in [6.45, 7) is 3.00. The maximum atomic E-state index is 14.6. The monoisotopic (exact) mass is 510 g/mol. The second kappa shape index (κ2) is 9.14. The van der Waals surface area contributed by atoms with Crippen molar-refractivity contribution in [1.82, 2.24) is 19.7 Å². The van der Waals surface area contributed by atoms with E-state index in [-0.39, 0.29) is 16.5 Å². The molecule has 35 heavy (non-hydrogen) atoms. The lowest BCUT2D eigenvalue weighted by Crippen LogP contribution is -2.45. The van der Waals surface area contributed by atoms with Gasteiger partial charge in [-0.25, -0.2) is 26.4 Å². The van der Waals surface area contributed by atoms with Gasteiger partial charge in [-0.05, 0) is 51.0 Å². The normalized spacial score (nSPS) is 15.7. The van der Waals surface area contributed by atoms with Crippen LogP contribution in [0.25, 0.3) is 22.2 Å². The number of pyridine rings is 1. The third kappa shape index (κ3) is 5.12. The molecule has 0 radical (unpaired) electrons. The highest BCUT2D eigenvalue weighted by atomic mass is 32.2. The Morgan fingerprint density at radius 3 is 2.46 bits per heavy atom. The van der Waals surface area contributed by atoms with E-state index in [9.17, 15) is 26.4 Å². The summed E-state index contributed by atoms with van der Waals surface area (Å²) in [5.41, 5.74) is -0.624. The SMILES string of the molecule is CC(C)(OC(=O)N1CCC(n2ncc3cc(-c4ccc(S(C)(=O)=O)cc4F)ncc32)CC1)C(F)F. The molecule has 1 aromatic carbocycles. The van der Waals surface area contributed by atoms with Crippen LogP contribution in [0.4, 0.5) is 18.0 Å². The fraction of sp³-hybridized carbons (Fsp3) is 0.435. The molecule has 4 rings (SSSR count). The molecule has 188 valence electrons. The number of amides is 1. The van der Waals surface area contributed by atoms with Gasteiger partial charge < -0.3 is 9.64 Å². The molecule has 2 aromatic heterocycles. The van der Waals surface area contributed by atoms with Crippen molar-refractivity contribution in [3.05, 3.63) is 42.5 Å². The summed E-state index contributed by atoms with van der Waals surface area (Å²) in [5, 5.41) is 5.17. The average Bonchev–Trinajstić information content (AvgIpc) is 3.21. The summed E-state index contributed by atoms with van der Waals surface area (Å²) in [7, 11) is -3.53. The highest BCUT2D eigenvalue weighted by molar-refractivity contribution is 7.90. The zero-order valence-electron chi connectivity index (χ0n) is 19.4. The molecule has 0 unspecified atom stereocenters. The van der Waals surface area contributed by atoms with Gasteiger partial charge in [0.15, 0.2) is 15.4 Å². The quantitative estimate of drug-likeness (QED) is 0.503. The molecule has 3 aromatic rings. The fourth-order valence-corrected chi connectivity index (χ4v) is 4.58. The first-order chi connectivity index (χ1) is 16.4. The average molecular weight is 511 g/mol. The van der Waals surface area contributed by atoms with Gasteiger partial charge in [-0.15, -0.1) is 0 Å². The Balaban J connectivity index is 1.49. The van der Waals surface area contributed by atoms with Gasteiger partial charge in [0.25, 0.3) is 6.43 Å². The topological polar surface area (TPSA) is 94.4 Å². The second-order valence-corrected chi connectivity index (χ2v) is 11.1. The van der Waals surface area contributed by atoms with Crippen LogP contribution in [0.5, 0.6) is 0 Å². The molecular formula is C23H25F3N4O4S. The number of fused-ring (bicyclic) bond motifs is 1. The Bertz CT molecular complexity index is 1370. The number of likely N-dealkylation sites (tertiary alicyclic amines) is 1. The van der Waals surface area contributed by atoms with Crippen molar-refractivity contribution in [3.63, 3.8) is 0 Å². The summed E-state index contributed by atoms with van der Waals surface area (Å²) in [5.74, 6) is -0.693. The van der Waals surface area contributed by atoms with Crippen molar-refractivity contribution in [3.8, 4) is 11.3 Å². The van der Waals surface area contributed by atoms with E-state index >= 15 is 0 Å². The van der Waals surface area contributed by atoms with Gasteiger partial charge in [0.05, 0.1) is 34.5 Å². The standard InChI is InChI=1S/C23H25F3N4O4S/c1-23(2,21(25)26)34-22(31)29-8-6-15(7-9-29)30-20-13-27-19(10-14(20)12-28-30)17-5-4-16(11-18(17)24)35(3,32)33/h4-5,10-13,15,21H,6-9H2,1-3H3. The number of alkyl halides is 2. The Morgan fingerprint density at radius 1 is 1.17 bits per heavy atom. The Morgan fingerprint density at radius 2 is 1.86 bits per heavy atom. The number of hydrogen-bond donors (Lipinski definition) is 0. The van der Waals surface area contributed by atoms with Crippen LogP contribution in [0.2, 0.25) is 0 Å². The van der Waals surface area contributed by atoms with Crippen LogP contribution >= 0.6 is 0 Å². The third-order valence-corrected chi connectivity index (χ3v) is 7.18. The number of piperidine rings is 1. The number of benzene rings is 1. The molecular weight excluding hydrogens is 485 g/mol. The molecule has 1 fully saturated rings. The van der Waals surface area contributed by atoms with Crippen LogP contribution in [-0.4, -0.2) is 65.5 Å². The first-order valence-electron chi connectivity index (χ1n) is 11.0.